The zero-order chi connectivity index (χ0) is 33.2. The van der Waals surface area contributed by atoms with Crippen molar-refractivity contribution >= 4 is 61.2 Å². The molecule has 46 heavy (non-hydrogen) atoms. The third kappa shape index (κ3) is 6.95. The minimum Gasteiger partial charge on any atom is -0.325 e. The number of fused-ring (bicyclic) bond motifs is 2. The van der Waals surface area contributed by atoms with Gasteiger partial charge in [0.05, 0.1) is 55.0 Å². The van der Waals surface area contributed by atoms with Gasteiger partial charge in [-0.05, 0) is 36.4 Å². The number of nitrogens with zero attached hydrogens (tertiary/aromatic N) is 4. The summed E-state index contributed by atoms with van der Waals surface area (Å²) in [6.45, 7) is -0.0308. The van der Waals surface area contributed by atoms with Gasteiger partial charge in [-0.15, -0.1) is 0 Å². The zero-order valence-electron chi connectivity index (χ0n) is 23.3. The average Bonchev–Trinajstić information content (AvgIpc) is 3.03. The van der Waals surface area contributed by atoms with E-state index in [1.165, 1.54) is 30.3 Å². The van der Waals surface area contributed by atoms with Crippen molar-refractivity contribution in [2.45, 2.75) is 24.2 Å². The lowest BCUT2D eigenvalue weighted by Crippen LogP contribution is -2.10. The molecular weight excluding hydrogens is 719 g/mol. The Morgan fingerprint density at radius 2 is 0.978 bits per heavy atom. The van der Waals surface area contributed by atoms with Crippen molar-refractivity contribution in [1.29, 1.82) is 0 Å². The normalized spacial score (nSPS) is 11.9. The Labute approximate surface area is 276 Å². The van der Waals surface area contributed by atoms with E-state index >= 15 is 0 Å². The molecule has 6 rings (SSSR count). The Hall–Kier alpha value is -3.84. The van der Waals surface area contributed by atoms with E-state index in [0.717, 1.165) is 12.1 Å². The number of nitrogens with two attached hydrogens (primary N) is 1. The van der Waals surface area contributed by atoms with Crippen molar-refractivity contribution in [3.8, 4) is 22.5 Å². The number of halogens is 9. The van der Waals surface area contributed by atoms with Gasteiger partial charge in [-0.2, -0.15) is 26.3 Å². The molecule has 5 nitrogen and oxygen atoms in total. The molecule has 0 aliphatic carbocycles. The first-order chi connectivity index (χ1) is 21.8. The van der Waals surface area contributed by atoms with E-state index in [9.17, 15) is 26.3 Å². The number of aromatic nitrogens is 4. The summed E-state index contributed by atoms with van der Waals surface area (Å²) < 4.78 is 79.6. The van der Waals surface area contributed by atoms with Crippen molar-refractivity contribution in [3.63, 3.8) is 0 Å². The number of hydrogen-bond acceptors (Lipinski definition) is 5. The second-order valence-corrected chi connectivity index (χ2v) is 11.1. The standard InChI is InChI=1S/C16H9BrClF3N2.C16H11ClF3N3/c17-8-13-14(9-4-1-2-5-10(9)16(19,20)21)23-15-11(18)6-3-7-12(15)22-13;17-11-6-3-7-12-15(11)23-14(13(8-21)22-12)9-4-1-2-5-10(9)16(18,19)20/h1-7H,8H2;1-7H,8,21H2. The lowest BCUT2D eigenvalue weighted by molar-refractivity contribution is -0.137. The second-order valence-electron chi connectivity index (χ2n) is 9.68. The predicted octanol–water partition coefficient (Wildman–Crippen LogP) is 10.3. The first-order valence-corrected chi connectivity index (χ1v) is 15.2. The van der Waals surface area contributed by atoms with Crippen LogP contribution in [0.25, 0.3) is 44.6 Å². The molecule has 236 valence electrons. The molecule has 2 heterocycles. The number of rotatable bonds is 4. The van der Waals surface area contributed by atoms with E-state index in [1.807, 2.05) is 0 Å². The quantitative estimate of drug-likeness (QED) is 0.144. The Kier molecular flexibility index (Phi) is 9.83. The molecule has 2 aromatic heterocycles. The topological polar surface area (TPSA) is 77.6 Å². The third-order valence-corrected chi connectivity index (χ3v) is 7.87. The Balaban J connectivity index is 0.000000181. The molecule has 0 saturated heterocycles. The Morgan fingerprint density at radius 3 is 1.39 bits per heavy atom. The highest BCUT2D eigenvalue weighted by Crippen LogP contribution is 2.39. The highest BCUT2D eigenvalue weighted by molar-refractivity contribution is 9.08. The van der Waals surface area contributed by atoms with Crippen molar-refractivity contribution in [2.75, 3.05) is 0 Å². The second kappa shape index (κ2) is 13.5. The molecule has 0 radical (unpaired) electrons. The fraction of sp³-hybridized carbons (Fsp3) is 0.125. The van der Waals surface area contributed by atoms with E-state index in [4.69, 9.17) is 28.9 Å². The molecule has 2 N–H and O–H groups in total. The van der Waals surface area contributed by atoms with Crippen LogP contribution in [0.2, 0.25) is 10.0 Å². The predicted molar refractivity (Wildman–Crippen MR) is 170 cm³/mol. The van der Waals surface area contributed by atoms with Gasteiger partial charge in [0.1, 0.15) is 11.0 Å². The highest BCUT2D eigenvalue weighted by Gasteiger charge is 2.35. The Morgan fingerprint density at radius 1 is 0.565 bits per heavy atom. The maximum absolute atomic E-state index is 13.3. The van der Waals surface area contributed by atoms with Crippen molar-refractivity contribution in [3.05, 3.63) is 117 Å². The van der Waals surface area contributed by atoms with Crippen molar-refractivity contribution < 1.29 is 26.3 Å². The van der Waals surface area contributed by atoms with Gasteiger partial charge >= 0.3 is 12.4 Å². The highest BCUT2D eigenvalue weighted by atomic mass is 79.9. The SMILES string of the molecule is FC(F)(F)c1ccccc1-c1nc2c(Cl)cccc2nc1CBr.NCc1nc2cccc(Cl)c2nc1-c1ccccc1C(F)(F)F. The minimum atomic E-state index is -4.50. The van der Waals surface area contributed by atoms with Crippen LogP contribution in [0.5, 0.6) is 0 Å². The molecule has 0 amide bonds. The molecule has 0 bridgehead atoms. The Bertz CT molecular complexity index is 1910. The largest absolute Gasteiger partial charge is 0.417 e. The number of hydrogen-bond donors (Lipinski definition) is 1. The van der Waals surface area contributed by atoms with Crippen LogP contribution in [0.15, 0.2) is 84.9 Å². The van der Waals surface area contributed by atoms with Crippen molar-refractivity contribution in [2.24, 2.45) is 5.73 Å². The van der Waals surface area contributed by atoms with Gasteiger partial charge in [0, 0.05) is 23.0 Å². The molecule has 4 aromatic carbocycles. The molecule has 0 spiro atoms. The van der Waals surface area contributed by atoms with Gasteiger partial charge in [0.2, 0.25) is 0 Å². The van der Waals surface area contributed by atoms with Crippen LogP contribution in [0, 0.1) is 0 Å². The summed E-state index contributed by atoms with van der Waals surface area (Å²) in [5.74, 6) is 0. The molecule has 14 heteroatoms. The van der Waals surface area contributed by atoms with Gasteiger partial charge in [0.15, 0.2) is 0 Å². The maximum atomic E-state index is 13.3. The molecule has 0 atom stereocenters. The van der Waals surface area contributed by atoms with E-state index in [-0.39, 0.29) is 40.1 Å². The fourth-order valence-electron chi connectivity index (χ4n) is 4.70. The first kappa shape index (κ1) is 33.5. The van der Waals surface area contributed by atoms with Gasteiger partial charge in [-0.3, -0.25) is 0 Å². The molecule has 0 fully saturated rings. The molecule has 0 unspecified atom stereocenters. The summed E-state index contributed by atoms with van der Waals surface area (Å²) in [5.41, 5.74) is 6.81. The molecule has 0 saturated carbocycles. The van der Waals surface area contributed by atoms with E-state index in [2.05, 4.69) is 35.9 Å². The summed E-state index contributed by atoms with van der Waals surface area (Å²) in [6, 6.07) is 20.6. The molecule has 0 aliphatic rings. The van der Waals surface area contributed by atoms with E-state index in [1.54, 1.807) is 42.5 Å². The lowest BCUT2D eigenvalue weighted by Gasteiger charge is -2.15. The summed E-state index contributed by atoms with van der Waals surface area (Å²) in [6.07, 6.45) is -8.98. The number of alkyl halides is 7. The van der Waals surface area contributed by atoms with Crippen LogP contribution in [-0.4, -0.2) is 19.9 Å². The first-order valence-electron chi connectivity index (χ1n) is 13.3. The van der Waals surface area contributed by atoms with Gasteiger partial charge < -0.3 is 5.73 Å². The van der Waals surface area contributed by atoms with Crippen molar-refractivity contribution in [1.82, 2.24) is 19.9 Å². The fourth-order valence-corrected chi connectivity index (χ4v) is 5.51. The zero-order valence-corrected chi connectivity index (χ0v) is 26.4. The third-order valence-electron chi connectivity index (χ3n) is 6.73. The summed E-state index contributed by atoms with van der Waals surface area (Å²) in [4.78, 5) is 17.4. The van der Waals surface area contributed by atoms with Crippen LogP contribution < -0.4 is 5.73 Å². The monoisotopic (exact) mass is 737 g/mol. The molecule has 0 aliphatic heterocycles. The molecule has 6 aromatic rings. The van der Waals surface area contributed by atoms with Gasteiger partial charge in [0.25, 0.3) is 0 Å². The average molecular weight is 739 g/mol. The summed E-state index contributed by atoms with van der Waals surface area (Å²) >= 11 is 15.5. The maximum Gasteiger partial charge on any atom is 0.417 e. The van der Waals surface area contributed by atoms with Crippen LogP contribution >= 0.6 is 39.1 Å². The summed E-state index contributed by atoms with van der Waals surface area (Å²) in [5, 5.41) is 0.954. The van der Waals surface area contributed by atoms with E-state index < -0.39 is 23.5 Å². The number of benzene rings is 4. The van der Waals surface area contributed by atoms with Crippen LogP contribution in [0.4, 0.5) is 26.3 Å². The summed E-state index contributed by atoms with van der Waals surface area (Å²) in [7, 11) is 0. The van der Waals surface area contributed by atoms with Crippen LogP contribution in [-0.2, 0) is 24.2 Å². The van der Waals surface area contributed by atoms with E-state index in [0.29, 0.717) is 37.8 Å². The van der Waals surface area contributed by atoms with Crippen LogP contribution in [0.1, 0.15) is 22.5 Å². The molecular formula is C32H20BrCl2F6N5. The van der Waals surface area contributed by atoms with Crippen LogP contribution in [0.3, 0.4) is 0 Å². The smallest absolute Gasteiger partial charge is 0.325 e. The van der Waals surface area contributed by atoms with Gasteiger partial charge in [-0.1, -0.05) is 87.7 Å². The van der Waals surface area contributed by atoms with Gasteiger partial charge in [-0.25, -0.2) is 19.9 Å². The number of para-hydroxylation sites is 2. The lowest BCUT2D eigenvalue weighted by atomic mass is 10.0. The minimum absolute atomic E-state index is 0.0104.